The van der Waals surface area contributed by atoms with Crippen LogP contribution in [0.3, 0.4) is 0 Å². The Morgan fingerprint density at radius 1 is 1.50 bits per heavy atom. The number of hydrogen-bond donors (Lipinski definition) is 0. The van der Waals surface area contributed by atoms with Crippen LogP contribution in [-0.4, -0.2) is 32.5 Å². The number of carbonyl (C=O) groups is 1. The van der Waals surface area contributed by atoms with Crippen LogP contribution in [-0.2, 0) is 14.3 Å². The third-order valence-corrected chi connectivity index (χ3v) is 2.63. The highest BCUT2D eigenvalue weighted by molar-refractivity contribution is 5.69. The molecule has 0 aromatic heterocycles. The van der Waals surface area contributed by atoms with Crippen LogP contribution in [0.4, 0.5) is 4.39 Å². The van der Waals surface area contributed by atoms with Gasteiger partial charge in [-0.05, 0) is 18.8 Å². The summed E-state index contributed by atoms with van der Waals surface area (Å²) in [5.41, 5.74) is 0. The van der Waals surface area contributed by atoms with Crippen LogP contribution < -0.4 is 0 Å². The minimum Gasteiger partial charge on any atom is -0.469 e. The number of carbonyl (C=O) groups excluding carboxylic acids is 1. The fourth-order valence-corrected chi connectivity index (χ4v) is 1.68. The SMILES string of the molecule is COC(=O)CC[C@H]1CCOCC[C@H]1F. The van der Waals surface area contributed by atoms with Crippen LogP contribution in [0.25, 0.3) is 0 Å². The van der Waals surface area contributed by atoms with Crippen molar-refractivity contribution in [2.75, 3.05) is 20.3 Å². The first-order chi connectivity index (χ1) is 6.74. The van der Waals surface area contributed by atoms with Gasteiger partial charge in [0.05, 0.1) is 7.11 Å². The number of methoxy groups -OCH3 is 1. The molecule has 0 spiro atoms. The second kappa shape index (κ2) is 5.96. The van der Waals surface area contributed by atoms with Gasteiger partial charge in [-0.1, -0.05) is 0 Å². The van der Waals surface area contributed by atoms with Crippen molar-refractivity contribution in [3.05, 3.63) is 0 Å². The van der Waals surface area contributed by atoms with Gasteiger partial charge >= 0.3 is 5.97 Å². The van der Waals surface area contributed by atoms with Crippen molar-refractivity contribution >= 4 is 5.97 Å². The lowest BCUT2D eigenvalue weighted by Gasteiger charge is -2.16. The quantitative estimate of drug-likeness (QED) is 0.656. The second-order valence-corrected chi connectivity index (χ2v) is 3.58. The summed E-state index contributed by atoms with van der Waals surface area (Å²) in [6.07, 6.45) is 1.20. The molecule has 0 unspecified atom stereocenters. The van der Waals surface area contributed by atoms with Crippen LogP contribution in [0, 0.1) is 5.92 Å². The summed E-state index contributed by atoms with van der Waals surface area (Å²) in [6, 6.07) is 0. The number of ether oxygens (including phenoxy) is 2. The normalized spacial score (nSPS) is 28.1. The smallest absolute Gasteiger partial charge is 0.305 e. The molecule has 1 aliphatic heterocycles. The number of rotatable bonds is 3. The van der Waals surface area contributed by atoms with Crippen molar-refractivity contribution in [2.45, 2.75) is 31.9 Å². The van der Waals surface area contributed by atoms with E-state index in [-0.39, 0.29) is 11.9 Å². The summed E-state index contributed by atoms with van der Waals surface area (Å²) in [4.78, 5) is 10.9. The fraction of sp³-hybridized carbons (Fsp3) is 0.900. The highest BCUT2D eigenvalue weighted by Crippen LogP contribution is 2.24. The predicted octanol–water partition coefficient (Wildman–Crippen LogP) is 1.70. The molecule has 1 aliphatic rings. The van der Waals surface area contributed by atoms with Crippen molar-refractivity contribution in [3.63, 3.8) is 0 Å². The van der Waals surface area contributed by atoms with Gasteiger partial charge in [-0.15, -0.1) is 0 Å². The monoisotopic (exact) mass is 204 g/mol. The zero-order chi connectivity index (χ0) is 10.4. The third kappa shape index (κ3) is 3.62. The highest BCUT2D eigenvalue weighted by Gasteiger charge is 2.24. The molecule has 0 bridgehead atoms. The second-order valence-electron chi connectivity index (χ2n) is 3.58. The van der Waals surface area contributed by atoms with Crippen molar-refractivity contribution in [3.8, 4) is 0 Å². The van der Waals surface area contributed by atoms with E-state index in [2.05, 4.69) is 4.74 Å². The molecule has 0 aromatic carbocycles. The average molecular weight is 204 g/mol. The molecule has 1 rings (SSSR count). The van der Waals surface area contributed by atoms with Gasteiger partial charge in [-0.2, -0.15) is 0 Å². The fourth-order valence-electron chi connectivity index (χ4n) is 1.68. The number of alkyl halides is 1. The number of hydrogen-bond acceptors (Lipinski definition) is 3. The average Bonchev–Trinajstić information content (AvgIpc) is 2.39. The molecule has 2 atom stereocenters. The maximum absolute atomic E-state index is 13.4. The summed E-state index contributed by atoms with van der Waals surface area (Å²) in [6.45, 7) is 1.10. The predicted molar refractivity (Wildman–Crippen MR) is 49.7 cm³/mol. The lowest BCUT2D eigenvalue weighted by molar-refractivity contribution is -0.141. The lowest BCUT2D eigenvalue weighted by atomic mass is 9.93. The summed E-state index contributed by atoms with van der Waals surface area (Å²) < 4.78 is 23.1. The van der Waals surface area contributed by atoms with E-state index < -0.39 is 6.17 Å². The van der Waals surface area contributed by atoms with Gasteiger partial charge in [0.25, 0.3) is 0 Å². The van der Waals surface area contributed by atoms with Gasteiger partial charge in [0.1, 0.15) is 6.17 Å². The molecule has 0 radical (unpaired) electrons. The zero-order valence-electron chi connectivity index (χ0n) is 8.50. The Labute approximate surface area is 83.6 Å². The van der Waals surface area contributed by atoms with Gasteiger partial charge < -0.3 is 9.47 Å². The Hall–Kier alpha value is -0.640. The molecule has 0 aromatic rings. The molecule has 14 heavy (non-hydrogen) atoms. The largest absolute Gasteiger partial charge is 0.469 e. The van der Waals surface area contributed by atoms with Crippen molar-refractivity contribution in [1.82, 2.24) is 0 Å². The Morgan fingerprint density at radius 3 is 2.93 bits per heavy atom. The van der Waals surface area contributed by atoms with Crippen LogP contribution >= 0.6 is 0 Å². The van der Waals surface area contributed by atoms with Crippen LogP contribution in [0.1, 0.15) is 25.7 Å². The summed E-state index contributed by atoms with van der Waals surface area (Å²) in [5.74, 6) is -0.307. The van der Waals surface area contributed by atoms with E-state index in [1.165, 1.54) is 7.11 Å². The number of halogens is 1. The van der Waals surface area contributed by atoms with Gasteiger partial charge in [0.2, 0.25) is 0 Å². The van der Waals surface area contributed by atoms with E-state index in [9.17, 15) is 9.18 Å². The molecule has 1 saturated heterocycles. The highest BCUT2D eigenvalue weighted by atomic mass is 19.1. The van der Waals surface area contributed by atoms with Crippen molar-refractivity contribution < 1.29 is 18.7 Å². The van der Waals surface area contributed by atoms with Crippen LogP contribution in [0.15, 0.2) is 0 Å². The molecule has 1 heterocycles. The Kier molecular flexibility index (Phi) is 4.87. The Balaban J connectivity index is 2.29. The van der Waals surface area contributed by atoms with Crippen molar-refractivity contribution in [1.29, 1.82) is 0 Å². The minimum atomic E-state index is -0.831. The van der Waals surface area contributed by atoms with E-state index in [0.717, 1.165) is 0 Å². The van der Waals surface area contributed by atoms with Gasteiger partial charge in [0.15, 0.2) is 0 Å². The van der Waals surface area contributed by atoms with E-state index in [1.54, 1.807) is 0 Å². The first kappa shape index (κ1) is 11.4. The molecule has 4 heteroatoms. The maximum Gasteiger partial charge on any atom is 0.305 e. The first-order valence-corrected chi connectivity index (χ1v) is 5.02. The summed E-state index contributed by atoms with van der Waals surface area (Å²) >= 11 is 0. The zero-order valence-corrected chi connectivity index (χ0v) is 8.50. The molecule has 1 fully saturated rings. The minimum absolute atomic E-state index is 0.0448. The molecule has 0 saturated carbocycles. The number of esters is 1. The van der Waals surface area contributed by atoms with E-state index in [1.807, 2.05) is 0 Å². The standard InChI is InChI=1S/C10H17FO3/c1-13-10(12)3-2-8-4-6-14-7-5-9(8)11/h8-9H,2-7H2,1H3/t8-,9+/m0/s1. The summed E-state index contributed by atoms with van der Waals surface area (Å²) in [5, 5.41) is 0. The Morgan fingerprint density at radius 2 is 2.21 bits per heavy atom. The molecule has 0 aliphatic carbocycles. The molecule has 3 nitrogen and oxygen atoms in total. The summed E-state index contributed by atoms with van der Waals surface area (Å²) in [7, 11) is 1.35. The van der Waals surface area contributed by atoms with Gasteiger partial charge in [-0.25, -0.2) is 4.39 Å². The molecular weight excluding hydrogens is 187 g/mol. The van der Waals surface area contributed by atoms with Gasteiger partial charge in [0, 0.05) is 26.1 Å². The van der Waals surface area contributed by atoms with Gasteiger partial charge in [-0.3, -0.25) is 4.79 Å². The first-order valence-electron chi connectivity index (χ1n) is 5.02. The lowest BCUT2D eigenvalue weighted by Crippen LogP contribution is -2.17. The topological polar surface area (TPSA) is 35.5 Å². The van der Waals surface area contributed by atoms with Crippen molar-refractivity contribution in [2.24, 2.45) is 5.92 Å². The maximum atomic E-state index is 13.4. The Bertz CT molecular complexity index is 184. The molecule has 0 amide bonds. The van der Waals surface area contributed by atoms with Crippen LogP contribution in [0.2, 0.25) is 0 Å². The van der Waals surface area contributed by atoms with Crippen LogP contribution in [0.5, 0.6) is 0 Å². The molecule has 0 N–H and O–H groups in total. The van der Waals surface area contributed by atoms with E-state index >= 15 is 0 Å². The third-order valence-electron chi connectivity index (χ3n) is 2.63. The van der Waals surface area contributed by atoms with E-state index in [4.69, 9.17) is 4.74 Å². The van der Waals surface area contributed by atoms with E-state index in [0.29, 0.717) is 38.9 Å². The molecular formula is C10H17FO3. The molecule has 82 valence electrons.